The highest BCUT2D eigenvalue weighted by molar-refractivity contribution is 5.76. The molecule has 1 heterocycles. The average molecular weight is 285 g/mol. The van der Waals surface area contributed by atoms with Crippen LogP contribution in [-0.2, 0) is 9.53 Å². The number of nitrogens with one attached hydrogen (secondary N) is 2. The summed E-state index contributed by atoms with van der Waals surface area (Å²) in [7, 11) is 1.64. The highest BCUT2D eigenvalue weighted by Crippen LogP contribution is 2.13. The van der Waals surface area contributed by atoms with Gasteiger partial charge in [0.2, 0.25) is 5.91 Å². The Hall–Kier alpha value is -0.650. The molecule has 0 spiro atoms. The summed E-state index contributed by atoms with van der Waals surface area (Å²) in [4.78, 5) is 14.1. The quantitative estimate of drug-likeness (QED) is 0.653. The molecule has 1 saturated heterocycles. The van der Waals surface area contributed by atoms with Crippen LogP contribution in [0.3, 0.4) is 0 Å². The van der Waals surface area contributed by atoms with Gasteiger partial charge in [-0.3, -0.25) is 4.79 Å². The summed E-state index contributed by atoms with van der Waals surface area (Å²) >= 11 is 0. The van der Waals surface area contributed by atoms with Crippen molar-refractivity contribution in [3.63, 3.8) is 0 Å². The SMILES string of the molecule is COCCNC(=O)CCNC1CCCN(C(C)C)CC1. The third kappa shape index (κ3) is 7.22. The van der Waals surface area contributed by atoms with E-state index in [0.29, 0.717) is 31.7 Å². The zero-order valence-corrected chi connectivity index (χ0v) is 13.3. The Morgan fingerprint density at radius 3 is 2.80 bits per heavy atom. The van der Waals surface area contributed by atoms with Crippen LogP contribution in [0.25, 0.3) is 0 Å². The van der Waals surface area contributed by atoms with Crippen LogP contribution in [0.15, 0.2) is 0 Å². The van der Waals surface area contributed by atoms with Crippen LogP contribution in [0.1, 0.15) is 39.5 Å². The van der Waals surface area contributed by atoms with Gasteiger partial charge in [-0.25, -0.2) is 0 Å². The molecular weight excluding hydrogens is 254 g/mol. The standard InChI is InChI=1S/C15H31N3O2/c1-13(2)18-10-4-5-14(7-11-18)16-8-6-15(19)17-9-12-20-3/h13-14,16H,4-12H2,1-3H3,(H,17,19). The normalized spacial score (nSPS) is 20.9. The summed E-state index contributed by atoms with van der Waals surface area (Å²) in [5.41, 5.74) is 0. The molecule has 0 radical (unpaired) electrons. The Balaban J connectivity index is 2.11. The molecule has 1 atom stereocenters. The van der Waals surface area contributed by atoms with Crippen LogP contribution in [-0.4, -0.2) is 62.8 Å². The Kier molecular flexibility index (Phi) is 8.82. The zero-order chi connectivity index (χ0) is 14.8. The second kappa shape index (κ2) is 10.1. The van der Waals surface area contributed by atoms with Gasteiger partial charge in [0.15, 0.2) is 0 Å². The van der Waals surface area contributed by atoms with E-state index in [0.717, 1.165) is 13.1 Å². The van der Waals surface area contributed by atoms with Gasteiger partial charge in [-0.1, -0.05) is 0 Å². The van der Waals surface area contributed by atoms with Crippen molar-refractivity contribution in [1.29, 1.82) is 0 Å². The van der Waals surface area contributed by atoms with Crippen LogP contribution >= 0.6 is 0 Å². The van der Waals surface area contributed by atoms with Crippen molar-refractivity contribution in [2.24, 2.45) is 0 Å². The van der Waals surface area contributed by atoms with Crippen LogP contribution < -0.4 is 10.6 Å². The highest BCUT2D eigenvalue weighted by atomic mass is 16.5. The van der Waals surface area contributed by atoms with E-state index in [1.807, 2.05) is 0 Å². The summed E-state index contributed by atoms with van der Waals surface area (Å²) in [6.07, 6.45) is 4.20. The first-order valence-electron chi connectivity index (χ1n) is 7.86. The smallest absolute Gasteiger partial charge is 0.221 e. The second-order valence-corrected chi connectivity index (χ2v) is 5.80. The number of methoxy groups -OCH3 is 1. The molecule has 0 bridgehead atoms. The van der Waals surface area contributed by atoms with E-state index in [9.17, 15) is 4.79 Å². The summed E-state index contributed by atoms with van der Waals surface area (Å²) < 4.78 is 4.90. The van der Waals surface area contributed by atoms with Crippen LogP contribution in [0, 0.1) is 0 Å². The van der Waals surface area contributed by atoms with Gasteiger partial charge in [0.1, 0.15) is 0 Å². The highest BCUT2D eigenvalue weighted by Gasteiger charge is 2.18. The first-order valence-corrected chi connectivity index (χ1v) is 7.86. The minimum absolute atomic E-state index is 0.104. The average Bonchev–Trinajstić information content (AvgIpc) is 2.65. The van der Waals surface area contributed by atoms with Crippen molar-refractivity contribution in [2.75, 3.05) is 39.9 Å². The molecule has 1 fully saturated rings. The second-order valence-electron chi connectivity index (χ2n) is 5.80. The molecule has 0 aliphatic carbocycles. The van der Waals surface area contributed by atoms with Gasteiger partial charge >= 0.3 is 0 Å². The van der Waals surface area contributed by atoms with E-state index in [2.05, 4.69) is 29.4 Å². The number of amides is 1. The summed E-state index contributed by atoms with van der Waals surface area (Å²) in [5.74, 6) is 0.104. The van der Waals surface area contributed by atoms with E-state index in [4.69, 9.17) is 4.74 Å². The van der Waals surface area contributed by atoms with Gasteiger partial charge in [0, 0.05) is 38.7 Å². The molecule has 0 saturated carbocycles. The van der Waals surface area contributed by atoms with Gasteiger partial charge < -0.3 is 20.3 Å². The Morgan fingerprint density at radius 1 is 1.30 bits per heavy atom. The fraction of sp³-hybridized carbons (Fsp3) is 0.933. The zero-order valence-electron chi connectivity index (χ0n) is 13.3. The largest absolute Gasteiger partial charge is 0.383 e. The van der Waals surface area contributed by atoms with Crippen molar-refractivity contribution >= 4 is 5.91 Å². The van der Waals surface area contributed by atoms with Crippen molar-refractivity contribution < 1.29 is 9.53 Å². The maximum Gasteiger partial charge on any atom is 0.221 e. The van der Waals surface area contributed by atoms with Gasteiger partial charge in [0.25, 0.3) is 0 Å². The van der Waals surface area contributed by atoms with E-state index >= 15 is 0 Å². The molecule has 2 N–H and O–H groups in total. The lowest BCUT2D eigenvalue weighted by Gasteiger charge is -2.24. The molecule has 1 unspecified atom stereocenters. The molecule has 1 rings (SSSR count). The molecule has 1 amide bonds. The van der Waals surface area contributed by atoms with Crippen molar-refractivity contribution in [1.82, 2.24) is 15.5 Å². The van der Waals surface area contributed by atoms with Gasteiger partial charge in [-0.05, 0) is 46.2 Å². The number of carbonyl (C=O) groups is 1. The molecule has 1 aliphatic heterocycles. The molecule has 0 aromatic heterocycles. The van der Waals surface area contributed by atoms with Crippen LogP contribution in [0.4, 0.5) is 0 Å². The van der Waals surface area contributed by atoms with Crippen molar-refractivity contribution in [3.05, 3.63) is 0 Å². The lowest BCUT2D eigenvalue weighted by Crippen LogP contribution is -2.36. The molecular formula is C15H31N3O2. The Bertz CT molecular complexity index is 272. The summed E-state index contributed by atoms with van der Waals surface area (Å²) in [6.45, 7) is 8.83. The first kappa shape index (κ1) is 17.4. The molecule has 20 heavy (non-hydrogen) atoms. The van der Waals surface area contributed by atoms with Gasteiger partial charge in [-0.2, -0.15) is 0 Å². The van der Waals surface area contributed by atoms with Crippen molar-refractivity contribution in [3.8, 4) is 0 Å². The maximum absolute atomic E-state index is 11.6. The molecule has 1 aliphatic rings. The van der Waals surface area contributed by atoms with Gasteiger partial charge in [0.05, 0.1) is 6.61 Å². The lowest BCUT2D eigenvalue weighted by molar-refractivity contribution is -0.121. The predicted molar refractivity (Wildman–Crippen MR) is 81.9 cm³/mol. The maximum atomic E-state index is 11.6. The minimum Gasteiger partial charge on any atom is -0.383 e. The number of ether oxygens (including phenoxy) is 1. The third-order valence-corrected chi connectivity index (χ3v) is 3.91. The molecule has 5 nitrogen and oxygen atoms in total. The monoisotopic (exact) mass is 285 g/mol. The lowest BCUT2D eigenvalue weighted by atomic mass is 10.1. The Morgan fingerprint density at radius 2 is 2.10 bits per heavy atom. The van der Waals surface area contributed by atoms with Crippen LogP contribution in [0.2, 0.25) is 0 Å². The number of carbonyl (C=O) groups excluding carboxylic acids is 1. The molecule has 5 heteroatoms. The van der Waals surface area contributed by atoms with Gasteiger partial charge in [-0.15, -0.1) is 0 Å². The predicted octanol–water partition coefficient (Wildman–Crippen LogP) is 0.992. The molecule has 0 aromatic rings. The van der Waals surface area contributed by atoms with E-state index in [1.54, 1.807) is 7.11 Å². The Labute approximate surface area is 123 Å². The van der Waals surface area contributed by atoms with Crippen molar-refractivity contribution in [2.45, 2.75) is 51.6 Å². The van der Waals surface area contributed by atoms with E-state index < -0.39 is 0 Å². The fourth-order valence-electron chi connectivity index (χ4n) is 2.61. The number of nitrogens with zero attached hydrogens (tertiary/aromatic N) is 1. The topological polar surface area (TPSA) is 53.6 Å². The van der Waals surface area contributed by atoms with Crippen LogP contribution in [0.5, 0.6) is 0 Å². The summed E-state index contributed by atoms with van der Waals surface area (Å²) in [5, 5.41) is 6.37. The minimum atomic E-state index is 0.104. The number of hydrogen-bond acceptors (Lipinski definition) is 4. The number of likely N-dealkylation sites (tertiary alicyclic amines) is 1. The van der Waals surface area contributed by atoms with E-state index in [1.165, 1.54) is 25.8 Å². The summed E-state index contributed by atoms with van der Waals surface area (Å²) in [6, 6.07) is 1.20. The third-order valence-electron chi connectivity index (χ3n) is 3.91. The fourth-order valence-corrected chi connectivity index (χ4v) is 2.61. The molecule has 118 valence electrons. The number of rotatable bonds is 8. The first-order chi connectivity index (χ1) is 9.63. The molecule has 0 aromatic carbocycles. The van der Waals surface area contributed by atoms with E-state index in [-0.39, 0.29) is 5.91 Å². The number of hydrogen-bond donors (Lipinski definition) is 2.